The van der Waals surface area contributed by atoms with Gasteiger partial charge >= 0.3 is 5.97 Å². The highest BCUT2D eigenvalue weighted by Gasteiger charge is 2.18. The van der Waals surface area contributed by atoms with Gasteiger partial charge in [0, 0.05) is 0 Å². The molecular weight excluding hydrogens is 214 g/mol. The number of carbonyl (C=O) groups is 2. The second-order valence-electron chi connectivity index (χ2n) is 3.09. The summed E-state index contributed by atoms with van der Waals surface area (Å²) in [5, 5.41) is 3.69. The standard InChI is InChI=1S/C8H13N5O3/c1-2-5(7(9)15)16-6(14)3-13-4-11-8(10)12-13/h4-5H,2-3H2,1H3,(H2,9,15)(H2,10,12). The van der Waals surface area contributed by atoms with E-state index in [-0.39, 0.29) is 12.5 Å². The Morgan fingerprint density at radius 2 is 2.31 bits per heavy atom. The molecule has 1 aromatic rings. The highest BCUT2D eigenvalue weighted by atomic mass is 16.5. The van der Waals surface area contributed by atoms with Gasteiger partial charge in [0.05, 0.1) is 0 Å². The number of nitrogen functional groups attached to an aromatic ring is 1. The van der Waals surface area contributed by atoms with E-state index in [1.807, 2.05) is 0 Å². The van der Waals surface area contributed by atoms with Crippen LogP contribution in [0.4, 0.5) is 5.95 Å². The number of carbonyl (C=O) groups excluding carboxylic acids is 2. The normalized spacial score (nSPS) is 12.1. The van der Waals surface area contributed by atoms with Gasteiger partial charge in [-0.3, -0.25) is 9.59 Å². The first-order chi connectivity index (χ1) is 7.52. The van der Waals surface area contributed by atoms with Crippen LogP contribution in [-0.2, 0) is 20.9 Å². The number of nitrogens with two attached hydrogens (primary N) is 2. The van der Waals surface area contributed by atoms with Gasteiger partial charge in [0.2, 0.25) is 5.95 Å². The monoisotopic (exact) mass is 227 g/mol. The number of anilines is 1. The number of primary amides is 1. The van der Waals surface area contributed by atoms with Gasteiger partial charge < -0.3 is 16.2 Å². The fraction of sp³-hybridized carbons (Fsp3) is 0.500. The van der Waals surface area contributed by atoms with Crippen LogP contribution in [-0.4, -0.2) is 32.7 Å². The second kappa shape index (κ2) is 5.10. The van der Waals surface area contributed by atoms with Crippen LogP contribution < -0.4 is 11.5 Å². The van der Waals surface area contributed by atoms with Crippen molar-refractivity contribution in [2.45, 2.75) is 26.0 Å². The number of nitrogens with zero attached hydrogens (tertiary/aromatic N) is 3. The molecule has 0 aliphatic heterocycles. The molecule has 0 bridgehead atoms. The molecule has 0 aromatic carbocycles. The van der Waals surface area contributed by atoms with E-state index in [0.717, 1.165) is 0 Å². The smallest absolute Gasteiger partial charge is 0.328 e. The van der Waals surface area contributed by atoms with E-state index < -0.39 is 18.0 Å². The van der Waals surface area contributed by atoms with Gasteiger partial charge in [-0.25, -0.2) is 9.67 Å². The van der Waals surface area contributed by atoms with E-state index in [1.54, 1.807) is 6.92 Å². The number of rotatable bonds is 5. The predicted molar refractivity (Wildman–Crippen MR) is 53.8 cm³/mol. The topological polar surface area (TPSA) is 126 Å². The Morgan fingerprint density at radius 3 is 2.75 bits per heavy atom. The molecule has 88 valence electrons. The number of amides is 1. The summed E-state index contributed by atoms with van der Waals surface area (Å²) in [6.07, 6.45) is 0.718. The quantitative estimate of drug-likeness (QED) is 0.600. The fourth-order valence-electron chi connectivity index (χ4n) is 1.06. The van der Waals surface area contributed by atoms with E-state index >= 15 is 0 Å². The summed E-state index contributed by atoms with van der Waals surface area (Å²) in [5.74, 6) is -1.22. The summed E-state index contributed by atoms with van der Waals surface area (Å²) in [4.78, 5) is 25.8. The van der Waals surface area contributed by atoms with Gasteiger partial charge in [-0.2, -0.15) is 0 Å². The number of aromatic nitrogens is 3. The Hall–Kier alpha value is -2.12. The molecule has 1 atom stereocenters. The minimum absolute atomic E-state index is 0.0646. The molecule has 0 fully saturated rings. The van der Waals surface area contributed by atoms with E-state index in [0.29, 0.717) is 6.42 Å². The number of hydrogen-bond donors (Lipinski definition) is 2. The molecule has 0 radical (unpaired) electrons. The Kier molecular flexibility index (Phi) is 3.81. The highest BCUT2D eigenvalue weighted by Crippen LogP contribution is 1.99. The first kappa shape index (κ1) is 12.0. The largest absolute Gasteiger partial charge is 0.451 e. The molecular formula is C8H13N5O3. The molecule has 1 unspecified atom stereocenters. The van der Waals surface area contributed by atoms with Crippen molar-refractivity contribution in [3.8, 4) is 0 Å². The molecule has 0 saturated carbocycles. The molecule has 0 saturated heterocycles. The number of hydrogen-bond acceptors (Lipinski definition) is 6. The summed E-state index contributed by atoms with van der Waals surface area (Å²) in [5.41, 5.74) is 10.3. The van der Waals surface area contributed by atoms with E-state index in [9.17, 15) is 9.59 Å². The minimum atomic E-state index is -0.909. The molecule has 0 aliphatic carbocycles. The van der Waals surface area contributed by atoms with Crippen molar-refractivity contribution >= 4 is 17.8 Å². The summed E-state index contributed by atoms with van der Waals surface area (Å²) >= 11 is 0. The Morgan fingerprint density at radius 1 is 1.62 bits per heavy atom. The molecule has 1 amide bonds. The zero-order valence-electron chi connectivity index (χ0n) is 8.79. The van der Waals surface area contributed by atoms with Crippen molar-refractivity contribution in [3.63, 3.8) is 0 Å². The summed E-state index contributed by atoms with van der Waals surface area (Å²) < 4.78 is 6.05. The summed E-state index contributed by atoms with van der Waals surface area (Å²) in [7, 11) is 0. The third kappa shape index (κ3) is 3.23. The molecule has 4 N–H and O–H groups in total. The third-order valence-electron chi connectivity index (χ3n) is 1.81. The molecule has 0 aliphatic rings. The Labute approximate surface area is 91.6 Å². The molecule has 8 heteroatoms. The SMILES string of the molecule is CCC(OC(=O)Cn1cnc(N)n1)C(N)=O. The van der Waals surface area contributed by atoms with Crippen molar-refractivity contribution in [2.24, 2.45) is 5.73 Å². The molecule has 1 heterocycles. The van der Waals surface area contributed by atoms with Crippen LogP contribution in [0.15, 0.2) is 6.33 Å². The maximum atomic E-state index is 11.3. The van der Waals surface area contributed by atoms with Crippen LogP contribution in [0.5, 0.6) is 0 Å². The zero-order valence-corrected chi connectivity index (χ0v) is 8.79. The van der Waals surface area contributed by atoms with Gasteiger partial charge in [-0.1, -0.05) is 6.92 Å². The molecule has 16 heavy (non-hydrogen) atoms. The van der Waals surface area contributed by atoms with Crippen LogP contribution in [0, 0.1) is 0 Å². The third-order valence-corrected chi connectivity index (χ3v) is 1.81. The minimum Gasteiger partial charge on any atom is -0.451 e. The number of ether oxygens (including phenoxy) is 1. The van der Waals surface area contributed by atoms with Crippen molar-refractivity contribution < 1.29 is 14.3 Å². The van der Waals surface area contributed by atoms with E-state index in [1.165, 1.54) is 11.0 Å². The Balaban J connectivity index is 2.50. The average Bonchev–Trinajstić information content (AvgIpc) is 2.60. The number of esters is 1. The fourth-order valence-corrected chi connectivity index (χ4v) is 1.06. The van der Waals surface area contributed by atoms with E-state index in [2.05, 4.69) is 10.1 Å². The lowest BCUT2D eigenvalue weighted by Crippen LogP contribution is -2.33. The van der Waals surface area contributed by atoms with E-state index in [4.69, 9.17) is 16.2 Å². The lowest BCUT2D eigenvalue weighted by molar-refractivity contribution is -0.155. The predicted octanol–water partition coefficient (Wildman–Crippen LogP) is -1.33. The van der Waals surface area contributed by atoms with Crippen LogP contribution in [0.2, 0.25) is 0 Å². The van der Waals surface area contributed by atoms with Crippen LogP contribution >= 0.6 is 0 Å². The Bertz CT molecular complexity index is 389. The van der Waals surface area contributed by atoms with Crippen molar-refractivity contribution in [2.75, 3.05) is 5.73 Å². The average molecular weight is 227 g/mol. The molecule has 1 aromatic heterocycles. The molecule has 8 nitrogen and oxygen atoms in total. The molecule has 1 rings (SSSR count). The maximum Gasteiger partial charge on any atom is 0.328 e. The van der Waals surface area contributed by atoms with Crippen molar-refractivity contribution in [1.82, 2.24) is 14.8 Å². The second-order valence-corrected chi connectivity index (χ2v) is 3.09. The van der Waals surface area contributed by atoms with Gasteiger partial charge in [0.25, 0.3) is 5.91 Å². The lowest BCUT2D eigenvalue weighted by atomic mass is 10.3. The van der Waals surface area contributed by atoms with Gasteiger partial charge in [0.15, 0.2) is 6.10 Å². The van der Waals surface area contributed by atoms with Crippen LogP contribution in [0.25, 0.3) is 0 Å². The highest BCUT2D eigenvalue weighted by molar-refractivity contribution is 5.82. The van der Waals surface area contributed by atoms with Crippen molar-refractivity contribution in [1.29, 1.82) is 0 Å². The summed E-state index contributed by atoms with van der Waals surface area (Å²) in [6, 6.07) is 0. The zero-order chi connectivity index (χ0) is 12.1. The van der Waals surface area contributed by atoms with Crippen LogP contribution in [0.1, 0.15) is 13.3 Å². The van der Waals surface area contributed by atoms with Crippen LogP contribution in [0.3, 0.4) is 0 Å². The van der Waals surface area contributed by atoms with Gasteiger partial charge in [0.1, 0.15) is 12.9 Å². The van der Waals surface area contributed by atoms with Crippen molar-refractivity contribution in [3.05, 3.63) is 6.33 Å². The maximum absolute atomic E-state index is 11.3. The first-order valence-corrected chi connectivity index (χ1v) is 4.66. The summed E-state index contributed by atoms with van der Waals surface area (Å²) in [6.45, 7) is 1.53. The lowest BCUT2D eigenvalue weighted by Gasteiger charge is -2.11. The molecule has 0 spiro atoms. The first-order valence-electron chi connectivity index (χ1n) is 4.66. The van der Waals surface area contributed by atoms with Gasteiger partial charge in [-0.15, -0.1) is 5.10 Å². The van der Waals surface area contributed by atoms with Gasteiger partial charge in [-0.05, 0) is 6.42 Å².